The fraction of sp³-hybridized carbons (Fsp3) is 0.241. The molecule has 0 spiro atoms. The van der Waals surface area contributed by atoms with Crippen LogP contribution in [-0.2, 0) is 28.7 Å². The number of urea groups is 1. The zero-order valence-corrected chi connectivity index (χ0v) is 24.0. The van der Waals surface area contributed by atoms with Crippen LogP contribution in [0.2, 0.25) is 0 Å². The predicted octanol–water partition coefficient (Wildman–Crippen LogP) is 6.44. The Morgan fingerprint density at radius 2 is 1.37 bits per heavy atom. The Kier molecular flexibility index (Phi) is 8.72. The molecule has 1 aromatic carbocycles. The van der Waals surface area contributed by atoms with Gasteiger partial charge in [0, 0.05) is 36.5 Å². The Morgan fingerprint density at radius 1 is 0.848 bits per heavy atom. The van der Waals surface area contributed by atoms with E-state index < -0.39 is 69.9 Å². The molecule has 0 saturated carbocycles. The van der Waals surface area contributed by atoms with Crippen LogP contribution in [0.25, 0.3) is 22.5 Å². The van der Waals surface area contributed by atoms with Gasteiger partial charge in [0.2, 0.25) is 0 Å². The Hall–Kier alpha value is -4.67. The summed E-state index contributed by atoms with van der Waals surface area (Å²) >= 11 is 0. The van der Waals surface area contributed by atoms with Gasteiger partial charge in [-0.25, -0.2) is 27.0 Å². The van der Waals surface area contributed by atoms with Gasteiger partial charge in [-0.05, 0) is 66.2 Å². The number of amides is 2. The number of nitrogens with zero attached hydrogens (tertiary/aromatic N) is 4. The second kappa shape index (κ2) is 12.3. The van der Waals surface area contributed by atoms with Crippen molar-refractivity contribution >= 4 is 15.9 Å². The maximum atomic E-state index is 14.4. The lowest BCUT2D eigenvalue weighted by Gasteiger charge is -2.24. The molecule has 5 rings (SSSR count). The summed E-state index contributed by atoms with van der Waals surface area (Å²) in [6, 6.07) is 9.21. The van der Waals surface area contributed by atoms with Crippen LogP contribution in [0.5, 0.6) is 0 Å². The van der Waals surface area contributed by atoms with E-state index in [2.05, 4.69) is 20.3 Å². The van der Waals surface area contributed by atoms with E-state index in [9.17, 15) is 48.3 Å². The second-order valence-corrected chi connectivity index (χ2v) is 12.3. The van der Waals surface area contributed by atoms with Crippen molar-refractivity contribution in [3.8, 4) is 22.5 Å². The van der Waals surface area contributed by atoms with Gasteiger partial charge in [-0.15, -0.1) is 0 Å². The molecule has 3 aromatic heterocycles. The molecular formula is C29H21F8N5O3S. The minimum atomic E-state index is -4.72. The van der Waals surface area contributed by atoms with Gasteiger partial charge in [0.1, 0.15) is 28.8 Å². The van der Waals surface area contributed by atoms with Crippen molar-refractivity contribution in [3.05, 3.63) is 95.8 Å². The summed E-state index contributed by atoms with van der Waals surface area (Å²) in [6.07, 6.45) is -9.84. The molecule has 2 amide bonds. The molecule has 4 aromatic rings. The molecule has 1 saturated heterocycles. The molecule has 17 heteroatoms. The molecule has 1 aliphatic rings. The maximum Gasteiger partial charge on any atom is 0.433 e. The van der Waals surface area contributed by atoms with Crippen molar-refractivity contribution < 1.29 is 48.3 Å². The first-order valence-corrected chi connectivity index (χ1v) is 14.8. The minimum Gasteiger partial charge on any atom is -0.334 e. The van der Waals surface area contributed by atoms with Gasteiger partial charge in [0.05, 0.1) is 22.8 Å². The van der Waals surface area contributed by atoms with Crippen LogP contribution in [0.4, 0.5) is 39.9 Å². The highest BCUT2D eigenvalue weighted by Gasteiger charge is 2.44. The molecule has 1 fully saturated rings. The molecular weight excluding hydrogens is 650 g/mol. The number of nitrogens with one attached hydrogen (secondary N) is 1. The third-order valence-electron chi connectivity index (χ3n) is 6.99. The lowest BCUT2D eigenvalue weighted by molar-refractivity contribution is -0.141. The zero-order valence-electron chi connectivity index (χ0n) is 23.1. The van der Waals surface area contributed by atoms with Crippen molar-refractivity contribution in [2.45, 2.75) is 41.8 Å². The van der Waals surface area contributed by atoms with Gasteiger partial charge in [-0.1, -0.05) is 0 Å². The monoisotopic (exact) mass is 671 g/mol. The molecule has 2 atom stereocenters. The number of likely N-dealkylation sites (tertiary alicyclic amines) is 1. The van der Waals surface area contributed by atoms with Crippen molar-refractivity contribution in [1.82, 2.24) is 25.2 Å². The van der Waals surface area contributed by atoms with Crippen molar-refractivity contribution in [1.29, 1.82) is 0 Å². The molecule has 242 valence electrons. The number of alkyl halides is 7. The quantitative estimate of drug-likeness (QED) is 0.187. The van der Waals surface area contributed by atoms with Crippen LogP contribution in [0.3, 0.4) is 0 Å². The van der Waals surface area contributed by atoms with E-state index in [0.717, 1.165) is 53.7 Å². The van der Waals surface area contributed by atoms with E-state index in [-0.39, 0.29) is 39.5 Å². The fourth-order valence-electron chi connectivity index (χ4n) is 4.73. The highest BCUT2D eigenvalue weighted by Crippen LogP contribution is 2.33. The van der Waals surface area contributed by atoms with E-state index in [0.29, 0.717) is 12.1 Å². The highest BCUT2D eigenvalue weighted by atomic mass is 32.2. The number of carbonyl (C=O) groups is 1. The molecule has 1 aliphatic heterocycles. The maximum absolute atomic E-state index is 14.4. The average Bonchev–Trinajstić information content (AvgIpc) is 3.42. The first kappa shape index (κ1) is 32.7. The van der Waals surface area contributed by atoms with Crippen LogP contribution >= 0.6 is 0 Å². The lowest BCUT2D eigenvalue weighted by atomic mass is 10.1. The van der Waals surface area contributed by atoms with Gasteiger partial charge >= 0.3 is 18.4 Å². The number of benzene rings is 1. The predicted molar refractivity (Wildman–Crippen MR) is 147 cm³/mol. The van der Waals surface area contributed by atoms with E-state index in [1.807, 2.05) is 0 Å². The van der Waals surface area contributed by atoms with Gasteiger partial charge in [-0.3, -0.25) is 9.97 Å². The van der Waals surface area contributed by atoms with E-state index >= 15 is 0 Å². The van der Waals surface area contributed by atoms with Crippen molar-refractivity contribution in [2.75, 3.05) is 6.54 Å². The topological polar surface area (TPSA) is 105 Å². The van der Waals surface area contributed by atoms with Gasteiger partial charge in [-0.2, -0.15) is 26.3 Å². The molecule has 0 radical (unpaired) electrons. The highest BCUT2D eigenvalue weighted by molar-refractivity contribution is 7.92. The standard InChI is InChI=1S/C29H21F8N5O3S/c30-19-3-5-21(6-4-19)46(44,45)26-11-20(31)15-42(26)27(43)40-12-16-9-22(17-1-7-24(38-13-17)28(32,33)34)41-23(10-16)18-2-8-25(39-14-18)29(35,36)37/h1-10,13-14,20,26H,11-12,15H2,(H,40,43)/t20-,26+/m1/s1. The van der Waals surface area contributed by atoms with Crippen LogP contribution < -0.4 is 5.32 Å². The number of hydrogen-bond donors (Lipinski definition) is 1. The summed E-state index contributed by atoms with van der Waals surface area (Å²) in [7, 11) is -4.30. The number of hydrogen-bond acceptors (Lipinski definition) is 6. The first-order chi connectivity index (χ1) is 21.5. The Morgan fingerprint density at radius 3 is 1.83 bits per heavy atom. The summed E-state index contributed by atoms with van der Waals surface area (Å²) < 4.78 is 132. The third-order valence-corrected chi connectivity index (χ3v) is 9.08. The molecule has 4 heterocycles. The summed E-state index contributed by atoms with van der Waals surface area (Å²) in [5, 5.41) is 0.875. The summed E-state index contributed by atoms with van der Waals surface area (Å²) in [5.74, 6) is -0.696. The summed E-state index contributed by atoms with van der Waals surface area (Å²) in [4.78, 5) is 24.8. The van der Waals surface area contributed by atoms with E-state index in [1.54, 1.807) is 0 Å². The Bertz CT molecular complexity index is 1760. The average molecular weight is 672 g/mol. The SMILES string of the molecule is O=C(NCc1cc(-c2ccc(C(F)(F)F)nc2)nc(-c2ccc(C(F)(F)F)nc2)c1)N1C[C@H](F)C[C@@H]1S(=O)(=O)c1ccc(F)cc1. The van der Waals surface area contributed by atoms with Gasteiger partial charge in [0.25, 0.3) is 0 Å². The molecule has 0 unspecified atom stereocenters. The second-order valence-electron chi connectivity index (χ2n) is 10.2. The Labute approximate surface area is 256 Å². The summed E-state index contributed by atoms with van der Waals surface area (Å²) in [5.41, 5.74) is -1.79. The molecule has 0 bridgehead atoms. The van der Waals surface area contributed by atoms with Crippen LogP contribution in [0, 0.1) is 5.82 Å². The molecule has 0 aliphatic carbocycles. The number of sulfone groups is 1. The number of pyridine rings is 3. The lowest BCUT2D eigenvalue weighted by Crippen LogP contribution is -2.45. The smallest absolute Gasteiger partial charge is 0.334 e. The van der Waals surface area contributed by atoms with Gasteiger partial charge < -0.3 is 10.2 Å². The molecule has 8 nitrogen and oxygen atoms in total. The number of carbonyl (C=O) groups excluding carboxylic acids is 1. The van der Waals surface area contributed by atoms with Crippen LogP contribution in [0.15, 0.2) is 78.0 Å². The molecule has 46 heavy (non-hydrogen) atoms. The van der Waals surface area contributed by atoms with Crippen molar-refractivity contribution in [3.63, 3.8) is 0 Å². The van der Waals surface area contributed by atoms with Crippen molar-refractivity contribution in [2.24, 2.45) is 0 Å². The first-order valence-electron chi connectivity index (χ1n) is 13.3. The number of halogens is 8. The Balaban J connectivity index is 1.44. The number of rotatable bonds is 6. The largest absolute Gasteiger partial charge is 0.433 e. The zero-order chi connectivity index (χ0) is 33.4. The van der Waals surface area contributed by atoms with Crippen LogP contribution in [-0.4, -0.2) is 52.4 Å². The van der Waals surface area contributed by atoms with Gasteiger partial charge in [0.15, 0.2) is 9.84 Å². The normalized spacial score (nSPS) is 17.3. The van der Waals surface area contributed by atoms with E-state index in [1.165, 1.54) is 12.1 Å². The van der Waals surface area contributed by atoms with Crippen LogP contribution in [0.1, 0.15) is 23.4 Å². The third kappa shape index (κ3) is 7.08. The molecule has 1 N–H and O–H groups in total. The summed E-state index contributed by atoms with van der Waals surface area (Å²) in [6.45, 7) is -0.890. The number of aromatic nitrogens is 3. The minimum absolute atomic E-state index is 0.0460. The van der Waals surface area contributed by atoms with E-state index in [4.69, 9.17) is 0 Å². The fourth-order valence-corrected chi connectivity index (χ4v) is 6.54.